The third-order valence-corrected chi connectivity index (χ3v) is 5.19. The van der Waals surface area contributed by atoms with E-state index in [1.165, 1.54) is 19.1 Å². The van der Waals surface area contributed by atoms with Gasteiger partial charge in [-0.05, 0) is 19.1 Å². The number of carbonyl (C=O) groups excluding carboxylic acids is 1. The van der Waals surface area contributed by atoms with Crippen LogP contribution in [-0.2, 0) is 19.6 Å². The Morgan fingerprint density at radius 3 is 2.57 bits per heavy atom. The van der Waals surface area contributed by atoms with Crippen molar-refractivity contribution in [3.05, 3.63) is 29.3 Å². The Morgan fingerprint density at radius 1 is 1.33 bits per heavy atom. The topological polar surface area (TPSA) is 75.7 Å². The molecule has 1 aliphatic heterocycles. The summed E-state index contributed by atoms with van der Waals surface area (Å²) in [6, 6.07) is 5.25. The molecule has 1 fully saturated rings. The molecule has 1 N–H and O–H groups in total. The van der Waals surface area contributed by atoms with E-state index in [0.29, 0.717) is 26.3 Å². The standard InChI is InChI=1S/C13H17ClN2O4S/c1-10(13(17)16-6-8-20-9-7-16)15-21(18,19)12-5-3-2-4-11(12)14/h2-5,10,15H,6-9H2,1H3/t10-/m0/s1. The van der Waals surface area contributed by atoms with Gasteiger partial charge < -0.3 is 9.64 Å². The van der Waals surface area contributed by atoms with Crippen LogP contribution in [0.15, 0.2) is 29.2 Å². The van der Waals surface area contributed by atoms with Crippen molar-refractivity contribution in [3.63, 3.8) is 0 Å². The molecule has 1 aliphatic rings. The molecule has 21 heavy (non-hydrogen) atoms. The lowest BCUT2D eigenvalue weighted by Gasteiger charge is -2.29. The summed E-state index contributed by atoms with van der Waals surface area (Å²) in [5.41, 5.74) is 0. The van der Waals surface area contributed by atoms with Gasteiger partial charge in [-0.2, -0.15) is 4.72 Å². The van der Waals surface area contributed by atoms with Crippen molar-refractivity contribution in [2.45, 2.75) is 17.9 Å². The zero-order valence-electron chi connectivity index (χ0n) is 11.6. The van der Waals surface area contributed by atoms with E-state index in [0.717, 1.165) is 0 Å². The molecule has 6 nitrogen and oxygen atoms in total. The molecule has 1 aromatic rings. The molecule has 8 heteroatoms. The number of hydrogen-bond acceptors (Lipinski definition) is 4. The maximum Gasteiger partial charge on any atom is 0.242 e. The third kappa shape index (κ3) is 3.94. The zero-order chi connectivity index (χ0) is 15.5. The summed E-state index contributed by atoms with van der Waals surface area (Å²) in [5.74, 6) is -0.270. The number of morpholine rings is 1. The van der Waals surface area contributed by atoms with E-state index in [-0.39, 0.29) is 15.8 Å². The molecule has 0 saturated carbocycles. The summed E-state index contributed by atoms with van der Waals surface area (Å²) >= 11 is 5.89. The summed E-state index contributed by atoms with van der Waals surface area (Å²) in [7, 11) is -3.83. The number of carbonyl (C=O) groups is 1. The van der Waals surface area contributed by atoms with Crippen LogP contribution in [0.3, 0.4) is 0 Å². The van der Waals surface area contributed by atoms with Gasteiger partial charge in [0.05, 0.1) is 24.3 Å². The van der Waals surface area contributed by atoms with Crippen molar-refractivity contribution < 1.29 is 17.9 Å². The number of sulfonamides is 1. The van der Waals surface area contributed by atoms with Crippen molar-refractivity contribution in [1.29, 1.82) is 0 Å². The fraction of sp³-hybridized carbons (Fsp3) is 0.462. The molecule has 116 valence electrons. The van der Waals surface area contributed by atoms with Crippen LogP contribution < -0.4 is 4.72 Å². The number of hydrogen-bond donors (Lipinski definition) is 1. The molecule has 1 saturated heterocycles. The Morgan fingerprint density at radius 2 is 1.95 bits per heavy atom. The van der Waals surface area contributed by atoms with Gasteiger partial charge in [-0.1, -0.05) is 23.7 Å². The van der Waals surface area contributed by atoms with E-state index < -0.39 is 16.1 Å². The highest BCUT2D eigenvalue weighted by molar-refractivity contribution is 7.89. The average Bonchev–Trinajstić information content (AvgIpc) is 2.47. The molecule has 0 aromatic heterocycles. The molecule has 1 heterocycles. The molecule has 1 atom stereocenters. The lowest BCUT2D eigenvalue weighted by Crippen LogP contribution is -2.50. The number of nitrogens with one attached hydrogen (secondary N) is 1. The molecule has 0 aliphatic carbocycles. The van der Waals surface area contributed by atoms with Crippen LogP contribution in [0.2, 0.25) is 5.02 Å². The first-order valence-electron chi connectivity index (χ1n) is 6.55. The number of benzene rings is 1. The second kappa shape index (κ2) is 6.74. The van der Waals surface area contributed by atoms with Gasteiger partial charge in [0.2, 0.25) is 15.9 Å². The third-order valence-electron chi connectivity index (χ3n) is 3.15. The highest BCUT2D eigenvalue weighted by Crippen LogP contribution is 2.20. The maximum absolute atomic E-state index is 12.3. The van der Waals surface area contributed by atoms with Gasteiger partial charge in [-0.15, -0.1) is 0 Å². The molecule has 0 bridgehead atoms. The number of amides is 1. The lowest BCUT2D eigenvalue weighted by atomic mass is 10.3. The molecular formula is C13H17ClN2O4S. The van der Waals surface area contributed by atoms with E-state index in [9.17, 15) is 13.2 Å². The fourth-order valence-corrected chi connectivity index (χ4v) is 3.78. The number of rotatable bonds is 4. The normalized spacial score (nSPS) is 17.5. The summed E-state index contributed by atoms with van der Waals surface area (Å²) in [5, 5.41) is 0.121. The molecule has 1 aromatic carbocycles. The van der Waals surface area contributed by atoms with E-state index in [1.54, 1.807) is 17.0 Å². The van der Waals surface area contributed by atoms with Crippen LogP contribution >= 0.6 is 11.6 Å². The number of ether oxygens (including phenoxy) is 1. The minimum Gasteiger partial charge on any atom is -0.378 e. The van der Waals surface area contributed by atoms with E-state index in [1.807, 2.05) is 0 Å². The van der Waals surface area contributed by atoms with Crippen molar-refractivity contribution in [2.24, 2.45) is 0 Å². The fourth-order valence-electron chi connectivity index (χ4n) is 2.07. The average molecular weight is 333 g/mol. The van der Waals surface area contributed by atoms with Crippen molar-refractivity contribution in [2.75, 3.05) is 26.3 Å². The van der Waals surface area contributed by atoms with Crippen LogP contribution in [-0.4, -0.2) is 51.6 Å². The van der Waals surface area contributed by atoms with Crippen LogP contribution in [0.4, 0.5) is 0 Å². The Labute approximate surface area is 129 Å². The first kappa shape index (κ1) is 16.2. The highest BCUT2D eigenvalue weighted by atomic mass is 35.5. The lowest BCUT2D eigenvalue weighted by molar-refractivity contribution is -0.136. The summed E-state index contributed by atoms with van der Waals surface area (Å²) in [6.45, 7) is 3.39. The largest absolute Gasteiger partial charge is 0.378 e. The van der Waals surface area contributed by atoms with Gasteiger partial charge in [-0.25, -0.2) is 8.42 Å². The number of nitrogens with zero attached hydrogens (tertiary/aromatic N) is 1. The summed E-state index contributed by atoms with van der Waals surface area (Å²) < 4.78 is 32.1. The first-order valence-corrected chi connectivity index (χ1v) is 8.41. The van der Waals surface area contributed by atoms with Gasteiger partial charge in [0.1, 0.15) is 4.90 Å². The van der Waals surface area contributed by atoms with E-state index in [2.05, 4.69) is 4.72 Å². The smallest absolute Gasteiger partial charge is 0.242 e. The van der Waals surface area contributed by atoms with E-state index in [4.69, 9.17) is 16.3 Å². The molecule has 2 rings (SSSR count). The van der Waals surface area contributed by atoms with Crippen LogP contribution in [0, 0.1) is 0 Å². The maximum atomic E-state index is 12.3. The highest BCUT2D eigenvalue weighted by Gasteiger charge is 2.27. The van der Waals surface area contributed by atoms with Gasteiger partial charge >= 0.3 is 0 Å². The van der Waals surface area contributed by atoms with Gasteiger partial charge in [0, 0.05) is 13.1 Å². The summed E-state index contributed by atoms with van der Waals surface area (Å²) in [4.78, 5) is 13.8. The number of halogens is 1. The van der Waals surface area contributed by atoms with E-state index >= 15 is 0 Å². The minimum atomic E-state index is -3.83. The van der Waals surface area contributed by atoms with Crippen molar-refractivity contribution in [3.8, 4) is 0 Å². The molecule has 1 amide bonds. The minimum absolute atomic E-state index is 0.0340. The second-order valence-electron chi connectivity index (χ2n) is 4.71. The van der Waals surface area contributed by atoms with Crippen LogP contribution in [0.5, 0.6) is 0 Å². The molecule has 0 unspecified atom stereocenters. The Kier molecular flexibility index (Phi) is 5.21. The predicted molar refractivity (Wildman–Crippen MR) is 78.6 cm³/mol. The predicted octanol–water partition coefficient (Wildman–Crippen LogP) is 0.866. The molecule has 0 spiro atoms. The van der Waals surface area contributed by atoms with Crippen LogP contribution in [0.1, 0.15) is 6.92 Å². The Balaban J connectivity index is 2.09. The Hall–Kier alpha value is -1.15. The molecular weight excluding hydrogens is 316 g/mol. The van der Waals surface area contributed by atoms with Crippen LogP contribution in [0.25, 0.3) is 0 Å². The zero-order valence-corrected chi connectivity index (χ0v) is 13.2. The van der Waals surface area contributed by atoms with Crippen molar-refractivity contribution >= 4 is 27.5 Å². The quantitative estimate of drug-likeness (QED) is 0.887. The first-order chi connectivity index (χ1) is 9.92. The van der Waals surface area contributed by atoms with Gasteiger partial charge in [0.25, 0.3) is 0 Å². The van der Waals surface area contributed by atoms with Gasteiger partial charge in [0.15, 0.2) is 0 Å². The Bertz CT molecular complexity index is 614. The summed E-state index contributed by atoms with van der Waals surface area (Å²) in [6.07, 6.45) is 0. The SMILES string of the molecule is C[C@H](NS(=O)(=O)c1ccccc1Cl)C(=O)N1CCOCC1. The second-order valence-corrected chi connectivity index (χ2v) is 6.80. The monoisotopic (exact) mass is 332 g/mol. The van der Waals surface area contributed by atoms with Crippen molar-refractivity contribution in [1.82, 2.24) is 9.62 Å². The van der Waals surface area contributed by atoms with Gasteiger partial charge in [-0.3, -0.25) is 4.79 Å². The molecule has 0 radical (unpaired) electrons.